The van der Waals surface area contributed by atoms with E-state index in [4.69, 9.17) is 16.3 Å². The van der Waals surface area contributed by atoms with Gasteiger partial charge in [0, 0.05) is 32.2 Å². The van der Waals surface area contributed by atoms with E-state index in [1.165, 1.54) is 6.07 Å². The van der Waals surface area contributed by atoms with Crippen LogP contribution in [0.1, 0.15) is 16.8 Å². The lowest BCUT2D eigenvalue weighted by molar-refractivity contribution is -0.385. The highest BCUT2D eigenvalue weighted by atomic mass is 35.5. The molecule has 7 nitrogen and oxygen atoms in total. The maximum Gasteiger partial charge on any atom is 0.288 e. The van der Waals surface area contributed by atoms with Crippen LogP contribution in [0.2, 0.25) is 5.15 Å². The van der Waals surface area contributed by atoms with Gasteiger partial charge in [-0.05, 0) is 6.42 Å². The molecule has 0 saturated carbocycles. The maximum absolute atomic E-state index is 12.3. The van der Waals surface area contributed by atoms with E-state index in [2.05, 4.69) is 4.98 Å². The summed E-state index contributed by atoms with van der Waals surface area (Å²) in [6.45, 7) is 1.74. The third kappa shape index (κ3) is 3.05. The lowest BCUT2D eigenvalue weighted by Crippen LogP contribution is -2.29. The average molecular weight is 300 g/mol. The summed E-state index contributed by atoms with van der Waals surface area (Å²) >= 11 is 5.87. The largest absolute Gasteiger partial charge is 0.384 e. The van der Waals surface area contributed by atoms with Crippen molar-refractivity contribution in [1.29, 1.82) is 0 Å². The fraction of sp³-hybridized carbons (Fsp3) is 0.500. The molecule has 1 aliphatic heterocycles. The zero-order chi connectivity index (χ0) is 14.7. The smallest absolute Gasteiger partial charge is 0.288 e. The van der Waals surface area contributed by atoms with Gasteiger partial charge in [-0.15, -0.1) is 0 Å². The highest BCUT2D eigenvalue weighted by molar-refractivity contribution is 6.32. The molecule has 1 saturated heterocycles. The number of hydrogen-bond acceptors (Lipinski definition) is 5. The van der Waals surface area contributed by atoms with E-state index in [9.17, 15) is 14.9 Å². The predicted octanol–water partition coefficient (Wildman–Crippen LogP) is 1.75. The number of pyridine rings is 1. The molecule has 1 aromatic heterocycles. The van der Waals surface area contributed by atoms with E-state index in [0.717, 1.165) is 12.6 Å². The number of halogens is 1. The van der Waals surface area contributed by atoms with Gasteiger partial charge < -0.3 is 9.64 Å². The minimum atomic E-state index is -0.599. The molecule has 2 rings (SSSR count). The van der Waals surface area contributed by atoms with Crippen LogP contribution in [0.5, 0.6) is 0 Å². The van der Waals surface area contributed by atoms with Crippen LogP contribution in [-0.4, -0.2) is 47.5 Å². The predicted molar refractivity (Wildman–Crippen MR) is 71.8 cm³/mol. The van der Waals surface area contributed by atoms with Gasteiger partial charge in [-0.3, -0.25) is 14.9 Å². The van der Waals surface area contributed by atoms with Gasteiger partial charge >= 0.3 is 0 Å². The van der Waals surface area contributed by atoms with Gasteiger partial charge in [-0.25, -0.2) is 4.98 Å². The Morgan fingerprint density at radius 3 is 3.10 bits per heavy atom. The number of likely N-dealkylation sites (tertiary alicyclic amines) is 1. The number of aromatic nitrogens is 1. The molecule has 8 heteroatoms. The van der Waals surface area contributed by atoms with Crippen molar-refractivity contribution in [2.45, 2.75) is 6.42 Å². The number of ether oxygens (including phenoxy) is 1. The van der Waals surface area contributed by atoms with Gasteiger partial charge in [-0.1, -0.05) is 11.6 Å². The van der Waals surface area contributed by atoms with Crippen LogP contribution in [0.15, 0.2) is 12.3 Å². The Labute approximate surface area is 120 Å². The summed E-state index contributed by atoms with van der Waals surface area (Å²) in [7, 11) is 1.62. The highest BCUT2D eigenvalue weighted by Crippen LogP contribution is 2.24. The number of carbonyl (C=O) groups is 1. The first kappa shape index (κ1) is 14.7. The Bertz CT molecular complexity index is 537. The van der Waals surface area contributed by atoms with Gasteiger partial charge in [0.05, 0.1) is 17.1 Å². The van der Waals surface area contributed by atoms with Crippen LogP contribution in [-0.2, 0) is 4.74 Å². The molecule has 108 valence electrons. The molecule has 1 unspecified atom stereocenters. The first-order valence-corrected chi connectivity index (χ1v) is 6.49. The van der Waals surface area contributed by atoms with E-state index in [0.29, 0.717) is 19.7 Å². The Morgan fingerprint density at radius 1 is 1.70 bits per heavy atom. The fourth-order valence-electron chi connectivity index (χ4n) is 2.25. The molecule has 1 atom stereocenters. The second-order valence-corrected chi connectivity index (χ2v) is 5.01. The Kier molecular flexibility index (Phi) is 4.51. The van der Waals surface area contributed by atoms with Gasteiger partial charge in [0.2, 0.25) is 0 Å². The quantitative estimate of drug-likeness (QED) is 0.480. The van der Waals surface area contributed by atoms with E-state index in [1.807, 2.05) is 0 Å². The van der Waals surface area contributed by atoms with E-state index < -0.39 is 4.92 Å². The zero-order valence-corrected chi connectivity index (χ0v) is 11.7. The van der Waals surface area contributed by atoms with Crippen molar-refractivity contribution in [2.75, 3.05) is 26.8 Å². The molecule has 0 radical (unpaired) electrons. The van der Waals surface area contributed by atoms with Crippen LogP contribution >= 0.6 is 11.6 Å². The van der Waals surface area contributed by atoms with Crippen molar-refractivity contribution in [3.05, 3.63) is 33.1 Å². The summed E-state index contributed by atoms with van der Waals surface area (Å²) in [6, 6.07) is 1.17. The second-order valence-electron chi connectivity index (χ2n) is 4.65. The van der Waals surface area contributed by atoms with E-state index >= 15 is 0 Å². The van der Waals surface area contributed by atoms with Crippen molar-refractivity contribution in [1.82, 2.24) is 9.88 Å². The minimum Gasteiger partial charge on any atom is -0.384 e. The summed E-state index contributed by atoms with van der Waals surface area (Å²) in [6.07, 6.45) is 1.89. The number of methoxy groups -OCH3 is 1. The first-order chi connectivity index (χ1) is 9.52. The standard InChI is InChI=1S/C12H14ClN3O4/c1-20-7-8-2-3-15(6-8)12(17)10-4-9(16(18)19)5-14-11(10)13/h4-5,8H,2-3,6-7H2,1H3. The molecular formula is C12H14ClN3O4. The molecular weight excluding hydrogens is 286 g/mol. The van der Waals surface area contributed by atoms with Crippen LogP contribution in [0.25, 0.3) is 0 Å². The lowest BCUT2D eigenvalue weighted by Gasteiger charge is -2.16. The third-order valence-corrected chi connectivity index (χ3v) is 3.54. The van der Waals surface area contributed by atoms with Crippen molar-refractivity contribution in [3.63, 3.8) is 0 Å². The van der Waals surface area contributed by atoms with Gasteiger partial charge in [0.15, 0.2) is 0 Å². The van der Waals surface area contributed by atoms with Crippen molar-refractivity contribution in [2.24, 2.45) is 5.92 Å². The number of rotatable bonds is 4. The summed E-state index contributed by atoms with van der Waals surface area (Å²) < 4.78 is 5.07. The summed E-state index contributed by atoms with van der Waals surface area (Å²) in [5, 5.41) is 10.7. The van der Waals surface area contributed by atoms with Gasteiger partial charge in [0.25, 0.3) is 11.6 Å². The summed E-state index contributed by atoms with van der Waals surface area (Å²) in [5.41, 5.74) is -0.177. The van der Waals surface area contributed by atoms with Crippen molar-refractivity contribution >= 4 is 23.2 Å². The molecule has 2 heterocycles. The van der Waals surface area contributed by atoms with E-state index in [1.54, 1.807) is 12.0 Å². The molecule has 1 amide bonds. The van der Waals surface area contributed by atoms with Crippen LogP contribution < -0.4 is 0 Å². The molecule has 0 spiro atoms. The number of carbonyl (C=O) groups excluding carboxylic acids is 1. The number of hydrogen-bond donors (Lipinski definition) is 0. The molecule has 0 aromatic carbocycles. The Balaban J connectivity index is 2.17. The van der Waals surface area contributed by atoms with Crippen molar-refractivity contribution in [3.8, 4) is 0 Å². The monoisotopic (exact) mass is 299 g/mol. The highest BCUT2D eigenvalue weighted by Gasteiger charge is 2.29. The molecule has 20 heavy (non-hydrogen) atoms. The van der Waals surface area contributed by atoms with Crippen LogP contribution in [0.3, 0.4) is 0 Å². The molecule has 0 N–H and O–H groups in total. The van der Waals surface area contributed by atoms with Gasteiger partial charge in [-0.2, -0.15) is 0 Å². The summed E-state index contributed by atoms with van der Waals surface area (Å²) in [5.74, 6) is -0.0424. The van der Waals surface area contributed by atoms with Crippen molar-refractivity contribution < 1.29 is 14.5 Å². The Morgan fingerprint density at radius 2 is 2.45 bits per heavy atom. The molecule has 0 aliphatic carbocycles. The molecule has 1 fully saturated rings. The average Bonchev–Trinajstić information content (AvgIpc) is 2.87. The second kappa shape index (κ2) is 6.15. The van der Waals surface area contributed by atoms with Crippen LogP contribution in [0.4, 0.5) is 5.69 Å². The number of nitro groups is 1. The van der Waals surface area contributed by atoms with Crippen LogP contribution in [0, 0.1) is 16.0 Å². The molecule has 1 aromatic rings. The normalized spacial score (nSPS) is 18.3. The SMILES string of the molecule is COCC1CCN(C(=O)c2cc([N+](=O)[O-])cnc2Cl)C1. The summed E-state index contributed by atoms with van der Waals surface area (Å²) in [4.78, 5) is 27.8. The zero-order valence-electron chi connectivity index (χ0n) is 10.9. The topological polar surface area (TPSA) is 85.6 Å². The molecule has 0 bridgehead atoms. The lowest BCUT2D eigenvalue weighted by atomic mass is 10.1. The number of amides is 1. The number of nitrogens with zero attached hydrogens (tertiary/aromatic N) is 3. The van der Waals surface area contributed by atoms with E-state index in [-0.39, 0.29) is 28.2 Å². The first-order valence-electron chi connectivity index (χ1n) is 6.11. The minimum absolute atomic E-state index is 0.0178. The maximum atomic E-state index is 12.3. The fourth-order valence-corrected chi connectivity index (χ4v) is 2.43. The van der Waals surface area contributed by atoms with Gasteiger partial charge in [0.1, 0.15) is 11.3 Å². The Hall–Kier alpha value is -1.73. The molecule has 1 aliphatic rings. The third-order valence-electron chi connectivity index (χ3n) is 3.24.